The number of ether oxygens (including phenoxy) is 3. The number of nitriles is 1. The zero-order valence-electron chi connectivity index (χ0n) is 7.36. The van der Waals surface area contributed by atoms with Crippen LogP contribution in [0.15, 0.2) is 0 Å². The van der Waals surface area contributed by atoms with Crippen LogP contribution in [0, 0.1) is 17.2 Å². The monoisotopic (exact) mass is 185 g/mol. The number of rotatable bonds is 3. The third-order valence-electron chi connectivity index (χ3n) is 1.60. The minimum absolute atomic E-state index is 0.254. The van der Waals surface area contributed by atoms with Crippen LogP contribution >= 0.6 is 0 Å². The summed E-state index contributed by atoms with van der Waals surface area (Å²) in [5, 5.41) is 8.67. The molecule has 0 radical (unpaired) electrons. The Morgan fingerprint density at radius 3 is 2.77 bits per heavy atom. The number of nitrogens with zero attached hydrogens (tertiary/aromatic N) is 1. The van der Waals surface area contributed by atoms with E-state index in [-0.39, 0.29) is 6.61 Å². The van der Waals surface area contributed by atoms with Crippen LogP contribution in [-0.2, 0) is 19.0 Å². The molecule has 0 aromatic heterocycles. The second-order valence-electron chi connectivity index (χ2n) is 2.47. The van der Waals surface area contributed by atoms with Gasteiger partial charge in [-0.1, -0.05) is 0 Å². The molecule has 1 saturated heterocycles. The van der Waals surface area contributed by atoms with E-state index in [9.17, 15) is 4.79 Å². The van der Waals surface area contributed by atoms with Gasteiger partial charge in [-0.25, -0.2) is 0 Å². The molecule has 1 heterocycles. The van der Waals surface area contributed by atoms with E-state index in [4.69, 9.17) is 14.7 Å². The summed E-state index contributed by atoms with van der Waals surface area (Å²) in [5.74, 6) is -1.56. The van der Waals surface area contributed by atoms with Crippen LogP contribution in [0.4, 0.5) is 0 Å². The van der Waals surface area contributed by atoms with Crippen molar-refractivity contribution in [2.24, 2.45) is 5.92 Å². The standard InChI is InChI=1S/C8H11NO4/c1-2-11-7(10)6(5-9)8-12-3-4-13-8/h6,8H,2-4H2,1H3. The quantitative estimate of drug-likeness (QED) is 0.581. The molecular weight excluding hydrogens is 174 g/mol. The van der Waals surface area contributed by atoms with Gasteiger partial charge in [0.05, 0.1) is 25.9 Å². The maximum absolute atomic E-state index is 11.2. The Kier molecular flexibility index (Phi) is 3.68. The number of carbonyl (C=O) groups is 1. The van der Waals surface area contributed by atoms with E-state index in [2.05, 4.69) is 4.74 Å². The molecule has 0 bridgehead atoms. The van der Waals surface area contributed by atoms with E-state index < -0.39 is 18.2 Å². The van der Waals surface area contributed by atoms with E-state index in [1.807, 2.05) is 0 Å². The zero-order chi connectivity index (χ0) is 9.68. The van der Waals surface area contributed by atoms with Gasteiger partial charge >= 0.3 is 5.97 Å². The van der Waals surface area contributed by atoms with Crippen LogP contribution in [0.2, 0.25) is 0 Å². The lowest BCUT2D eigenvalue weighted by atomic mass is 10.1. The summed E-state index contributed by atoms with van der Waals surface area (Å²) in [4.78, 5) is 11.2. The Morgan fingerprint density at radius 1 is 1.69 bits per heavy atom. The molecule has 1 aliphatic heterocycles. The van der Waals surface area contributed by atoms with E-state index in [0.29, 0.717) is 13.2 Å². The minimum atomic E-state index is -0.970. The van der Waals surface area contributed by atoms with Crippen molar-refractivity contribution in [3.05, 3.63) is 0 Å². The summed E-state index contributed by atoms with van der Waals surface area (Å²) >= 11 is 0. The van der Waals surface area contributed by atoms with Crippen LogP contribution in [0.3, 0.4) is 0 Å². The highest BCUT2D eigenvalue weighted by Gasteiger charge is 2.33. The summed E-state index contributed by atoms with van der Waals surface area (Å²) in [6, 6.07) is 1.80. The first-order chi connectivity index (χ1) is 6.29. The molecule has 0 aliphatic carbocycles. The predicted molar refractivity (Wildman–Crippen MR) is 41.4 cm³/mol. The molecule has 1 aliphatic rings. The summed E-state index contributed by atoms with van der Waals surface area (Å²) in [5.41, 5.74) is 0. The van der Waals surface area contributed by atoms with E-state index in [1.165, 1.54) is 0 Å². The van der Waals surface area contributed by atoms with Gasteiger partial charge in [-0.3, -0.25) is 4.79 Å². The second kappa shape index (κ2) is 4.80. The highest BCUT2D eigenvalue weighted by Crippen LogP contribution is 2.15. The molecule has 1 rings (SSSR count). The average molecular weight is 185 g/mol. The molecule has 0 aromatic rings. The maximum Gasteiger partial charge on any atom is 0.328 e. The Hall–Kier alpha value is -1.12. The van der Waals surface area contributed by atoms with Gasteiger partial charge in [0.15, 0.2) is 12.2 Å². The first kappa shape index (κ1) is 9.96. The smallest absolute Gasteiger partial charge is 0.328 e. The molecule has 5 heteroatoms. The van der Waals surface area contributed by atoms with Gasteiger partial charge in [0.2, 0.25) is 0 Å². The Balaban J connectivity index is 2.51. The highest BCUT2D eigenvalue weighted by atomic mass is 16.7. The van der Waals surface area contributed by atoms with Crippen LogP contribution < -0.4 is 0 Å². The largest absolute Gasteiger partial charge is 0.465 e. The lowest BCUT2D eigenvalue weighted by molar-refractivity contribution is -0.158. The Bertz CT molecular complexity index is 217. The first-order valence-electron chi connectivity index (χ1n) is 4.09. The molecule has 5 nitrogen and oxygen atoms in total. The zero-order valence-corrected chi connectivity index (χ0v) is 7.36. The average Bonchev–Trinajstić information content (AvgIpc) is 2.59. The third kappa shape index (κ3) is 2.41. The fourth-order valence-corrected chi connectivity index (χ4v) is 1.03. The van der Waals surface area contributed by atoms with Crippen molar-refractivity contribution in [2.45, 2.75) is 13.2 Å². The molecule has 0 N–H and O–H groups in total. The summed E-state index contributed by atoms with van der Waals surface area (Å²) < 4.78 is 14.7. The first-order valence-corrected chi connectivity index (χ1v) is 4.09. The topological polar surface area (TPSA) is 68.6 Å². The number of carbonyl (C=O) groups excluding carboxylic acids is 1. The fraction of sp³-hybridized carbons (Fsp3) is 0.750. The normalized spacial score (nSPS) is 19.4. The van der Waals surface area contributed by atoms with Gasteiger partial charge in [0.25, 0.3) is 0 Å². The number of hydrogen-bond donors (Lipinski definition) is 0. The van der Waals surface area contributed by atoms with E-state index in [0.717, 1.165) is 0 Å². The maximum atomic E-state index is 11.2. The summed E-state index contributed by atoms with van der Waals surface area (Å²) in [7, 11) is 0. The van der Waals surface area contributed by atoms with Gasteiger partial charge in [0.1, 0.15) is 0 Å². The summed E-state index contributed by atoms with van der Waals surface area (Å²) in [6.07, 6.45) is -0.760. The minimum Gasteiger partial charge on any atom is -0.465 e. The van der Waals surface area contributed by atoms with Crippen molar-refractivity contribution in [1.82, 2.24) is 0 Å². The Labute approximate surface area is 76.2 Å². The van der Waals surface area contributed by atoms with Gasteiger partial charge in [-0.15, -0.1) is 0 Å². The lowest BCUT2D eigenvalue weighted by Gasteiger charge is -2.13. The van der Waals surface area contributed by atoms with Crippen LogP contribution in [0.1, 0.15) is 6.92 Å². The molecule has 72 valence electrons. The third-order valence-corrected chi connectivity index (χ3v) is 1.60. The summed E-state index contributed by atoms with van der Waals surface area (Å²) in [6.45, 7) is 2.77. The van der Waals surface area contributed by atoms with Crippen molar-refractivity contribution in [1.29, 1.82) is 5.26 Å². The van der Waals surface area contributed by atoms with Crippen molar-refractivity contribution >= 4 is 5.97 Å². The molecule has 0 amide bonds. The SMILES string of the molecule is CCOC(=O)C(C#N)C1OCCO1. The molecule has 1 atom stereocenters. The van der Waals surface area contributed by atoms with Crippen molar-refractivity contribution in [2.75, 3.05) is 19.8 Å². The Morgan fingerprint density at radius 2 is 2.31 bits per heavy atom. The highest BCUT2D eigenvalue weighted by molar-refractivity contribution is 5.75. The van der Waals surface area contributed by atoms with Crippen molar-refractivity contribution < 1.29 is 19.0 Å². The number of esters is 1. The predicted octanol–water partition coefficient (Wildman–Crippen LogP) is 0.0622. The van der Waals surface area contributed by atoms with E-state index in [1.54, 1.807) is 13.0 Å². The molecule has 1 unspecified atom stereocenters. The van der Waals surface area contributed by atoms with E-state index >= 15 is 0 Å². The molecular formula is C8H11NO4. The van der Waals surface area contributed by atoms with Gasteiger partial charge in [-0.2, -0.15) is 5.26 Å². The van der Waals surface area contributed by atoms with Crippen molar-refractivity contribution in [3.63, 3.8) is 0 Å². The van der Waals surface area contributed by atoms with Gasteiger partial charge in [0, 0.05) is 0 Å². The fourth-order valence-electron chi connectivity index (χ4n) is 1.03. The molecule has 0 aromatic carbocycles. The lowest BCUT2D eigenvalue weighted by Crippen LogP contribution is -2.29. The molecule has 1 fully saturated rings. The van der Waals surface area contributed by atoms with Crippen LogP contribution in [0.25, 0.3) is 0 Å². The molecule has 0 saturated carbocycles. The van der Waals surface area contributed by atoms with Crippen molar-refractivity contribution in [3.8, 4) is 6.07 Å². The number of hydrogen-bond acceptors (Lipinski definition) is 5. The molecule has 0 spiro atoms. The second-order valence-corrected chi connectivity index (χ2v) is 2.47. The van der Waals surface area contributed by atoms with Crippen LogP contribution in [-0.4, -0.2) is 32.1 Å². The van der Waals surface area contributed by atoms with Crippen LogP contribution in [0.5, 0.6) is 0 Å². The molecule has 13 heavy (non-hydrogen) atoms. The van der Waals surface area contributed by atoms with Gasteiger partial charge < -0.3 is 14.2 Å². The van der Waals surface area contributed by atoms with Gasteiger partial charge in [-0.05, 0) is 6.92 Å².